The number of hydrogen-bond acceptors (Lipinski definition) is 5. The van der Waals surface area contributed by atoms with E-state index in [1.54, 1.807) is 43.5 Å². The molecule has 1 atom stereocenters. The Balaban J connectivity index is 1.70. The van der Waals surface area contributed by atoms with Crippen molar-refractivity contribution in [2.75, 3.05) is 18.0 Å². The predicted molar refractivity (Wildman–Crippen MR) is 160 cm³/mol. The summed E-state index contributed by atoms with van der Waals surface area (Å²) in [5.74, 6) is -0.713. The molecule has 1 fully saturated rings. The Kier molecular flexibility index (Phi) is 10.2. The van der Waals surface area contributed by atoms with Gasteiger partial charge in [-0.25, -0.2) is 12.8 Å². The average Bonchev–Trinajstić information content (AvgIpc) is 3.49. The van der Waals surface area contributed by atoms with Crippen LogP contribution < -0.4 is 14.4 Å². The smallest absolute Gasteiger partial charge is 0.264 e. The van der Waals surface area contributed by atoms with Gasteiger partial charge in [0.1, 0.15) is 24.2 Å². The SMILES string of the molecule is CC[C@H](C(=O)NC1CCCC1)N(Cc1ccc(OC)cc1)C(=O)CN(c1ccc(C)cc1)S(=O)(=O)c1ccc(F)cc1. The predicted octanol–water partition coefficient (Wildman–Crippen LogP) is 5.20. The fourth-order valence-electron chi connectivity index (χ4n) is 5.19. The number of hydrogen-bond donors (Lipinski definition) is 1. The molecule has 1 N–H and O–H groups in total. The van der Waals surface area contributed by atoms with Gasteiger partial charge in [0.2, 0.25) is 11.8 Å². The van der Waals surface area contributed by atoms with Gasteiger partial charge >= 0.3 is 0 Å². The number of carbonyl (C=O) groups excluding carboxylic acids is 2. The number of halogens is 1. The molecule has 0 saturated heterocycles. The van der Waals surface area contributed by atoms with Crippen molar-refractivity contribution in [2.45, 2.75) is 69.5 Å². The minimum atomic E-state index is -4.26. The Morgan fingerprint density at radius 1 is 0.976 bits per heavy atom. The quantitative estimate of drug-likeness (QED) is 0.310. The summed E-state index contributed by atoms with van der Waals surface area (Å²) in [6.45, 7) is 3.25. The molecule has 0 spiro atoms. The van der Waals surface area contributed by atoms with Crippen LogP contribution in [-0.2, 0) is 26.2 Å². The molecule has 0 unspecified atom stereocenters. The van der Waals surface area contributed by atoms with Gasteiger partial charge in [-0.1, -0.05) is 49.6 Å². The average molecular weight is 596 g/mol. The van der Waals surface area contributed by atoms with Crippen LogP contribution in [0.4, 0.5) is 10.1 Å². The molecule has 4 rings (SSSR count). The van der Waals surface area contributed by atoms with Crippen LogP contribution >= 0.6 is 0 Å². The minimum absolute atomic E-state index is 0.0624. The number of benzene rings is 3. The van der Waals surface area contributed by atoms with Crippen LogP contribution in [-0.4, -0.2) is 50.9 Å². The second-order valence-electron chi connectivity index (χ2n) is 10.6. The highest BCUT2D eigenvalue weighted by atomic mass is 32.2. The second-order valence-corrected chi connectivity index (χ2v) is 12.4. The van der Waals surface area contributed by atoms with Crippen LogP contribution in [0.2, 0.25) is 0 Å². The zero-order valence-corrected chi connectivity index (χ0v) is 25.1. The fraction of sp³-hybridized carbons (Fsp3) is 0.375. The number of anilines is 1. The summed E-state index contributed by atoms with van der Waals surface area (Å²) in [5.41, 5.74) is 1.96. The highest BCUT2D eigenvalue weighted by molar-refractivity contribution is 7.92. The third kappa shape index (κ3) is 7.47. The molecular formula is C32H38FN3O5S. The maximum absolute atomic E-state index is 14.2. The highest BCUT2D eigenvalue weighted by Gasteiger charge is 2.34. The zero-order valence-electron chi connectivity index (χ0n) is 24.3. The van der Waals surface area contributed by atoms with E-state index >= 15 is 0 Å². The first kappa shape index (κ1) is 31.0. The molecule has 0 heterocycles. The lowest BCUT2D eigenvalue weighted by molar-refractivity contribution is -0.140. The molecule has 0 aliphatic heterocycles. The molecule has 1 saturated carbocycles. The van der Waals surface area contributed by atoms with Crippen LogP contribution in [0.1, 0.15) is 50.2 Å². The number of methoxy groups -OCH3 is 1. The lowest BCUT2D eigenvalue weighted by Crippen LogP contribution is -2.53. The summed E-state index contributed by atoms with van der Waals surface area (Å²) in [7, 11) is -2.70. The first-order valence-corrected chi connectivity index (χ1v) is 15.6. The highest BCUT2D eigenvalue weighted by Crippen LogP contribution is 2.26. The number of nitrogens with zero attached hydrogens (tertiary/aromatic N) is 2. The molecule has 0 bridgehead atoms. The van der Waals surface area contributed by atoms with E-state index in [9.17, 15) is 22.4 Å². The van der Waals surface area contributed by atoms with Gasteiger partial charge < -0.3 is 15.0 Å². The molecule has 0 aromatic heterocycles. The molecule has 10 heteroatoms. The van der Waals surface area contributed by atoms with Gasteiger partial charge in [-0.05, 0) is 80.3 Å². The van der Waals surface area contributed by atoms with Gasteiger partial charge in [0, 0.05) is 12.6 Å². The van der Waals surface area contributed by atoms with E-state index in [1.807, 2.05) is 26.0 Å². The summed E-state index contributed by atoms with van der Waals surface area (Å²) in [6, 6.07) is 17.7. The Hall–Kier alpha value is -3.92. The normalized spacial score (nSPS) is 14.3. The van der Waals surface area contributed by atoms with Crippen LogP contribution in [0.25, 0.3) is 0 Å². The molecular weight excluding hydrogens is 557 g/mol. The van der Waals surface area contributed by atoms with Crippen molar-refractivity contribution in [3.63, 3.8) is 0 Å². The standard InChI is InChI=1S/C32H38FN3O5S/c1-4-30(32(38)34-26-7-5-6-8-26)35(21-24-11-17-28(41-3)18-12-24)31(37)22-36(27-15-9-23(2)10-16-27)42(39,40)29-19-13-25(33)14-20-29/h9-20,26,30H,4-8,21-22H2,1-3H3,(H,34,38)/t30-/m1/s1. The van der Waals surface area contributed by atoms with E-state index in [0.717, 1.165) is 53.2 Å². The van der Waals surface area contributed by atoms with Gasteiger partial charge in [0.05, 0.1) is 17.7 Å². The number of sulfonamides is 1. The Bertz CT molecular complexity index is 1460. The summed E-state index contributed by atoms with van der Waals surface area (Å²) >= 11 is 0. The molecule has 224 valence electrons. The van der Waals surface area contributed by atoms with E-state index in [-0.39, 0.29) is 29.1 Å². The fourth-order valence-corrected chi connectivity index (χ4v) is 6.60. The lowest BCUT2D eigenvalue weighted by atomic mass is 10.1. The van der Waals surface area contributed by atoms with Crippen molar-refractivity contribution in [1.82, 2.24) is 10.2 Å². The lowest BCUT2D eigenvalue weighted by Gasteiger charge is -2.33. The monoisotopic (exact) mass is 595 g/mol. The maximum Gasteiger partial charge on any atom is 0.264 e. The van der Waals surface area contributed by atoms with Crippen LogP contribution in [0.5, 0.6) is 5.75 Å². The van der Waals surface area contributed by atoms with Gasteiger partial charge in [0.15, 0.2) is 0 Å². The van der Waals surface area contributed by atoms with Gasteiger partial charge in [-0.3, -0.25) is 13.9 Å². The summed E-state index contributed by atoms with van der Waals surface area (Å²) in [5, 5.41) is 3.10. The molecule has 0 radical (unpaired) electrons. The minimum Gasteiger partial charge on any atom is -0.497 e. The third-order valence-electron chi connectivity index (χ3n) is 7.60. The Labute approximate surface area is 247 Å². The second kappa shape index (κ2) is 13.8. The molecule has 1 aliphatic rings. The third-order valence-corrected chi connectivity index (χ3v) is 9.39. The number of nitrogens with one attached hydrogen (secondary N) is 1. The summed E-state index contributed by atoms with van der Waals surface area (Å²) in [4.78, 5) is 29.0. The largest absolute Gasteiger partial charge is 0.497 e. The molecule has 3 aromatic rings. The number of amides is 2. The van der Waals surface area contributed by atoms with Crippen molar-refractivity contribution in [1.29, 1.82) is 0 Å². The maximum atomic E-state index is 14.2. The molecule has 1 aliphatic carbocycles. The Morgan fingerprint density at radius 3 is 2.17 bits per heavy atom. The zero-order chi connectivity index (χ0) is 30.3. The van der Waals surface area contributed by atoms with Gasteiger partial charge in [-0.15, -0.1) is 0 Å². The number of rotatable bonds is 12. The molecule has 8 nitrogen and oxygen atoms in total. The van der Waals surface area contributed by atoms with E-state index in [4.69, 9.17) is 4.74 Å². The van der Waals surface area contributed by atoms with Crippen molar-refractivity contribution in [3.05, 3.63) is 89.7 Å². The van der Waals surface area contributed by atoms with Crippen molar-refractivity contribution < 1.29 is 27.1 Å². The molecule has 2 amide bonds. The van der Waals surface area contributed by atoms with E-state index in [1.165, 1.54) is 17.0 Å². The van der Waals surface area contributed by atoms with E-state index in [0.29, 0.717) is 12.2 Å². The van der Waals surface area contributed by atoms with Crippen LogP contribution in [0, 0.1) is 12.7 Å². The van der Waals surface area contributed by atoms with Crippen molar-refractivity contribution >= 4 is 27.5 Å². The number of ether oxygens (including phenoxy) is 1. The number of carbonyl (C=O) groups is 2. The summed E-state index contributed by atoms with van der Waals surface area (Å²) in [6.07, 6.45) is 4.22. The van der Waals surface area contributed by atoms with Crippen LogP contribution in [0.3, 0.4) is 0 Å². The van der Waals surface area contributed by atoms with Crippen molar-refractivity contribution in [3.8, 4) is 5.75 Å². The van der Waals surface area contributed by atoms with Crippen molar-refractivity contribution in [2.24, 2.45) is 0 Å². The summed E-state index contributed by atoms with van der Waals surface area (Å²) < 4.78 is 47.6. The first-order valence-electron chi connectivity index (χ1n) is 14.2. The van der Waals surface area contributed by atoms with E-state index in [2.05, 4.69) is 5.32 Å². The topological polar surface area (TPSA) is 96.0 Å². The van der Waals surface area contributed by atoms with Gasteiger partial charge in [0.25, 0.3) is 10.0 Å². The van der Waals surface area contributed by atoms with Crippen LogP contribution in [0.15, 0.2) is 77.7 Å². The van der Waals surface area contributed by atoms with E-state index < -0.39 is 34.3 Å². The Morgan fingerprint density at radius 2 is 1.60 bits per heavy atom. The molecule has 42 heavy (non-hydrogen) atoms. The van der Waals surface area contributed by atoms with Gasteiger partial charge in [-0.2, -0.15) is 0 Å². The molecule has 3 aromatic carbocycles. The first-order chi connectivity index (χ1) is 20.1. The number of aryl methyl sites for hydroxylation is 1.